The van der Waals surface area contributed by atoms with Gasteiger partial charge in [-0.15, -0.1) is 0 Å². The van der Waals surface area contributed by atoms with E-state index in [4.69, 9.17) is 4.74 Å². The van der Waals surface area contributed by atoms with Crippen molar-refractivity contribution in [2.75, 3.05) is 19.1 Å². The van der Waals surface area contributed by atoms with Crippen LogP contribution in [-0.4, -0.2) is 33.2 Å². The number of hydrogen-bond acceptors (Lipinski definition) is 4. The first-order valence-electron chi connectivity index (χ1n) is 12.0. The number of aromatic nitrogens is 3. The Morgan fingerprint density at radius 1 is 1.06 bits per heavy atom. The van der Waals surface area contributed by atoms with Gasteiger partial charge in [-0.05, 0) is 79.3 Å². The van der Waals surface area contributed by atoms with Gasteiger partial charge in [-0.1, -0.05) is 25.1 Å². The van der Waals surface area contributed by atoms with E-state index in [1.807, 2.05) is 66.6 Å². The number of aryl methyl sites for hydroxylation is 2. The third-order valence-electron chi connectivity index (χ3n) is 6.55. The highest BCUT2D eigenvalue weighted by atomic mass is 32.2. The van der Waals surface area contributed by atoms with E-state index in [0.717, 1.165) is 45.8 Å². The highest BCUT2D eigenvalue weighted by molar-refractivity contribution is 7.98. The van der Waals surface area contributed by atoms with Gasteiger partial charge in [-0.2, -0.15) is 11.8 Å². The molecule has 4 rings (SSSR count). The van der Waals surface area contributed by atoms with Crippen LogP contribution in [0.5, 0.6) is 5.75 Å². The third-order valence-corrected chi connectivity index (χ3v) is 7.20. The van der Waals surface area contributed by atoms with Gasteiger partial charge in [0.15, 0.2) is 0 Å². The van der Waals surface area contributed by atoms with Crippen LogP contribution in [0.3, 0.4) is 0 Å². The van der Waals surface area contributed by atoms with Gasteiger partial charge in [0.25, 0.3) is 5.56 Å². The van der Waals surface area contributed by atoms with Crippen molar-refractivity contribution in [1.29, 1.82) is 0 Å². The predicted molar refractivity (Wildman–Crippen MR) is 145 cm³/mol. The Bertz CT molecular complexity index is 1390. The van der Waals surface area contributed by atoms with E-state index in [9.17, 15) is 9.18 Å². The molecule has 0 spiro atoms. The topological polar surface area (TPSA) is 49.0 Å². The van der Waals surface area contributed by atoms with Gasteiger partial charge in [0.2, 0.25) is 0 Å². The minimum Gasteiger partial charge on any atom is -0.495 e. The molecule has 0 saturated carbocycles. The van der Waals surface area contributed by atoms with Crippen molar-refractivity contribution in [3.8, 4) is 11.4 Å². The zero-order valence-electron chi connectivity index (χ0n) is 21.4. The van der Waals surface area contributed by atoms with Crippen LogP contribution in [0.2, 0.25) is 0 Å². The molecule has 4 aromatic rings. The second kappa shape index (κ2) is 11.2. The third kappa shape index (κ3) is 5.41. The van der Waals surface area contributed by atoms with E-state index in [-0.39, 0.29) is 23.3 Å². The maximum Gasteiger partial charge on any atom is 0.254 e. The summed E-state index contributed by atoms with van der Waals surface area (Å²) in [6.45, 7) is 6.00. The SMILES string of the molecule is COc1cc(C(C)c2cc(C)cn(C(CCSC)c3ccc(F)cc3)c2=O)ccc1-n1cnc(C)c1. The van der Waals surface area contributed by atoms with Crippen molar-refractivity contribution in [1.82, 2.24) is 14.1 Å². The summed E-state index contributed by atoms with van der Waals surface area (Å²) >= 11 is 1.74. The van der Waals surface area contributed by atoms with Crippen molar-refractivity contribution in [3.63, 3.8) is 0 Å². The maximum atomic E-state index is 13.9. The summed E-state index contributed by atoms with van der Waals surface area (Å²) in [6.07, 6.45) is 8.45. The number of methoxy groups -OCH3 is 1. The first-order valence-corrected chi connectivity index (χ1v) is 13.4. The van der Waals surface area contributed by atoms with Crippen LogP contribution in [0.25, 0.3) is 5.69 Å². The molecule has 2 heterocycles. The van der Waals surface area contributed by atoms with Crippen LogP contribution in [0.4, 0.5) is 4.39 Å². The number of ether oxygens (including phenoxy) is 1. The highest BCUT2D eigenvalue weighted by Crippen LogP contribution is 2.31. The number of thioether (sulfide) groups is 1. The number of pyridine rings is 1. The molecule has 36 heavy (non-hydrogen) atoms. The van der Waals surface area contributed by atoms with Crippen molar-refractivity contribution >= 4 is 11.8 Å². The van der Waals surface area contributed by atoms with Crippen LogP contribution in [0.15, 0.2) is 72.0 Å². The van der Waals surface area contributed by atoms with Gasteiger partial charge >= 0.3 is 0 Å². The van der Waals surface area contributed by atoms with Gasteiger partial charge in [-0.25, -0.2) is 9.37 Å². The van der Waals surface area contributed by atoms with Crippen LogP contribution in [0.1, 0.15) is 53.3 Å². The Hall–Kier alpha value is -3.32. The zero-order chi connectivity index (χ0) is 25.8. The first kappa shape index (κ1) is 25.8. The molecule has 188 valence electrons. The van der Waals surface area contributed by atoms with E-state index in [0.29, 0.717) is 5.75 Å². The van der Waals surface area contributed by atoms with Crippen molar-refractivity contribution in [2.24, 2.45) is 0 Å². The molecule has 0 fully saturated rings. The number of rotatable bonds is 9. The summed E-state index contributed by atoms with van der Waals surface area (Å²) in [5.41, 5.74) is 5.43. The summed E-state index contributed by atoms with van der Waals surface area (Å²) < 4.78 is 23.1. The van der Waals surface area contributed by atoms with Crippen molar-refractivity contribution < 1.29 is 9.13 Å². The van der Waals surface area contributed by atoms with E-state index < -0.39 is 0 Å². The van der Waals surface area contributed by atoms with Gasteiger partial charge in [-0.3, -0.25) is 4.79 Å². The highest BCUT2D eigenvalue weighted by Gasteiger charge is 2.21. The molecule has 0 radical (unpaired) electrons. The normalized spacial score (nSPS) is 12.9. The lowest BCUT2D eigenvalue weighted by Crippen LogP contribution is -2.29. The smallest absolute Gasteiger partial charge is 0.254 e. The molecule has 0 amide bonds. The number of halogens is 1. The second-order valence-electron chi connectivity index (χ2n) is 9.11. The monoisotopic (exact) mass is 505 g/mol. The van der Waals surface area contributed by atoms with Gasteiger partial charge < -0.3 is 13.9 Å². The average molecular weight is 506 g/mol. The Labute approximate surface area is 216 Å². The van der Waals surface area contributed by atoms with Crippen LogP contribution in [-0.2, 0) is 0 Å². The lowest BCUT2D eigenvalue weighted by molar-refractivity contribution is 0.412. The first-order chi connectivity index (χ1) is 17.3. The number of hydrogen-bond donors (Lipinski definition) is 0. The van der Waals surface area contributed by atoms with Crippen LogP contribution in [0, 0.1) is 19.7 Å². The van der Waals surface area contributed by atoms with Gasteiger partial charge in [0, 0.05) is 23.9 Å². The molecule has 5 nitrogen and oxygen atoms in total. The fourth-order valence-corrected chi connectivity index (χ4v) is 5.06. The predicted octanol–water partition coefficient (Wildman–Crippen LogP) is 6.29. The second-order valence-corrected chi connectivity index (χ2v) is 10.1. The van der Waals surface area contributed by atoms with Gasteiger partial charge in [0.05, 0.1) is 30.9 Å². The molecule has 7 heteroatoms. The molecule has 2 unspecified atom stereocenters. The number of benzene rings is 2. The molecule has 0 aliphatic carbocycles. The summed E-state index contributed by atoms with van der Waals surface area (Å²) in [4.78, 5) is 18.2. The molecule has 0 N–H and O–H groups in total. The molecule has 2 aromatic carbocycles. The minimum atomic E-state index is -0.281. The van der Waals surface area contributed by atoms with Gasteiger partial charge in [0.1, 0.15) is 11.6 Å². The maximum absolute atomic E-state index is 13.9. The number of nitrogens with zero attached hydrogens (tertiary/aromatic N) is 3. The average Bonchev–Trinajstić information content (AvgIpc) is 3.32. The van der Waals surface area contributed by atoms with Crippen molar-refractivity contribution in [2.45, 2.75) is 39.2 Å². The molecule has 2 aromatic heterocycles. The minimum absolute atomic E-state index is 0.0307. The molecule has 0 aliphatic rings. The van der Waals surface area contributed by atoms with Crippen LogP contribution < -0.4 is 10.3 Å². The fourth-order valence-electron chi connectivity index (χ4n) is 4.60. The van der Waals surface area contributed by atoms with E-state index >= 15 is 0 Å². The Balaban J connectivity index is 1.76. The van der Waals surface area contributed by atoms with Crippen molar-refractivity contribution in [3.05, 3.63) is 111 Å². The summed E-state index contributed by atoms with van der Waals surface area (Å²) in [6, 6.07) is 14.3. The van der Waals surface area contributed by atoms with E-state index in [1.54, 1.807) is 37.3 Å². The summed E-state index contributed by atoms with van der Waals surface area (Å²) in [7, 11) is 1.65. The molecular formula is C29H32FN3O2S. The molecule has 0 saturated heterocycles. The summed E-state index contributed by atoms with van der Waals surface area (Å²) in [5, 5.41) is 0. The molecule has 0 bridgehead atoms. The zero-order valence-corrected chi connectivity index (χ0v) is 22.2. The number of imidazole rings is 1. The van der Waals surface area contributed by atoms with Crippen LogP contribution >= 0.6 is 11.8 Å². The lowest BCUT2D eigenvalue weighted by atomic mass is 9.92. The Morgan fingerprint density at radius 3 is 2.42 bits per heavy atom. The largest absolute Gasteiger partial charge is 0.495 e. The standard InChI is InChI=1S/C29H32FN3O2S/c1-19-14-25(21(3)23-8-11-27(28(15-23)35-4)32-17-20(2)31-18-32)29(34)33(16-19)26(12-13-36-5)22-6-9-24(30)10-7-22/h6-11,14-18,21,26H,12-13H2,1-5H3. The van der Waals surface area contributed by atoms with E-state index in [2.05, 4.69) is 11.2 Å². The summed E-state index contributed by atoms with van der Waals surface area (Å²) in [5.74, 6) is 1.18. The lowest BCUT2D eigenvalue weighted by Gasteiger charge is -2.23. The Kier molecular flexibility index (Phi) is 7.99. The molecule has 2 atom stereocenters. The van der Waals surface area contributed by atoms with E-state index in [1.165, 1.54) is 12.1 Å². The molecular weight excluding hydrogens is 473 g/mol. The quantitative estimate of drug-likeness (QED) is 0.268. The molecule has 0 aliphatic heterocycles. The fraction of sp³-hybridized carbons (Fsp3) is 0.310. The Morgan fingerprint density at radius 2 is 1.78 bits per heavy atom.